The van der Waals surface area contributed by atoms with Crippen LogP contribution in [0.4, 0.5) is 0 Å². The third-order valence-electron chi connectivity index (χ3n) is 5.59. The molecule has 5 heteroatoms. The summed E-state index contributed by atoms with van der Waals surface area (Å²) in [5, 5.41) is 5.75. The molecule has 2 amide bonds. The monoisotopic (exact) mass is 392 g/mol. The van der Waals surface area contributed by atoms with Crippen LogP contribution >= 0.6 is 0 Å². The second kappa shape index (κ2) is 9.41. The molecule has 1 fully saturated rings. The van der Waals surface area contributed by atoms with Crippen molar-refractivity contribution in [3.05, 3.63) is 71.8 Å². The van der Waals surface area contributed by atoms with Crippen molar-refractivity contribution in [3.63, 3.8) is 0 Å². The highest BCUT2D eigenvalue weighted by Crippen LogP contribution is 2.43. The van der Waals surface area contributed by atoms with Crippen LogP contribution in [0.2, 0.25) is 0 Å². The quantitative estimate of drug-likeness (QED) is 0.676. The van der Waals surface area contributed by atoms with Crippen LogP contribution in [0.15, 0.2) is 60.7 Å². The Hall–Kier alpha value is -3.08. The predicted molar refractivity (Wildman–Crippen MR) is 115 cm³/mol. The van der Waals surface area contributed by atoms with Gasteiger partial charge in [0.2, 0.25) is 11.8 Å². The molecule has 0 saturated heterocycles. The first-order chi connectivity index (χ1) is 14.0. The Morgan fingerprint density at radius 2 is 1.79 bits per heavy atom. The normalized spacial score (nSPS) is 15.9. The van der Waals surface area contributed by atoms with Gasteiger partial charge in [-0.1, -0.05) is 48.9 Å². The highest BCUT2D eigenvalue weighted by molar-refractivity contribution is 5.95. The third kappa shape index (κ3) is 5.25. The zero-order chi connectivity index (χ0) is 20.7. The van der Waals surface area contributed by atoms with Gasteiger partial charge in [0, 0.05) is 18.0 Å². The summed E-state index contributed by atoms with van der Waals surface area (Å²) < 4.78 is 5.11. The predicted octanol–water partition coefficient (Wildman–Crippen LogP) is 3.45. The molecule has 2 aromatic carbocycles. The Morgan fingerprint density at radius 3 is 2.38 bits per heavy atom. The standard InChI is InChI=1S/C24H28N2O3/c1-18(26-22(27)14-11-19-9-12-21(29-2)13-10-19)23(28)25-17-24(15-6-16-24)20-7-4-3-5-8-20/h3-5,7-14,18H,6,15-17H2,1-2H3,(H,25,28)(H,26,27). The topological polar surface area (TPSA) is 67.4 Å². The number of nitrogens with one attached hydrogen (secondary N) is 2. The molecule has 29 heavy (non-hydrogen) atoms. The van der Waals surface area contributed by atoms with Crippen LogP contribution in [0.25, 0.3) is 6.08 Å². The van der Waals surface area contributed by atoms with Crippen molar-refractivity contribution in [1.82, 2.24) is 10.6 Å². The molecule has 2 aromatic rings. The first-order valence-electron chi connectivity index (χ1n) is 9.98. The smallest absolute Gasteiger partial charge is 0.244 e. The lowest BCUT2D eigenvalue weighted by Gasteiger charge is -2.42. The van der Waals surface area contributed by atoms with E-state index in [2.05, 4.69) is 22.8 Å². The van der Waals surface area contributed by atoms with Gasteiger partial charge in [0.25, 0.3) is 0 Å². The molecule has 1 aliphatic carbocycles. The molecular formula is C24H28N2O3. The fourth-order valence-corrected chi connectivity index (χ4v) is 3.59. The lowest BCUT2D eigenvalue weighted by molar-refractivity contribution is -0.127. The Balaban J connectivity index is 1.49. The lowest BCUT2D eigenvalue weighted by Crippen LogP contribution is -2.50. The minimum atomic E-state index is -0.601. The molecule has 1 aliphatic rings. The van der Waals surface area contributed by atoms with Gasteiger partial charge in [-0.3, -0.25) is 9.59 Å². The highest BCUT2D eigenvalue weighted by Gasteiger charge is 2.38. The molecule has 3 rings (SSSR count). The second-order valence-corrected chi connectivity index (χ2v) is 7.55. The third-order valence-corrected chi connectivity index (χ3v) is 5.59. The number of rotatable bonds is 8. The van der Waals surface area contributed by atoms with E-state index in [1.165, 1.54) is 18.1 Å². The Kier molecular flexibility index (Phi) is 6.70. The van der Waals surface area contributed by atoms with E-state index >= 15 is 0 Å². The van der Waals surface area contributed by atoms with Crippen molar-refractivity contribution in [3.8, 4) is 5.75 Å². The average molecular weight is 392 g/mol. The fraction of sp³-hybridized carbons (Fsp3) is 0.333. The zero-order valence-electron chi connectivity index (χ0n) is 17.0. The Morgan fingerprint density at radius 1 is 1.10 bits per heavy atom. The van der Waals surface area contributed by atoms with Crippen molar-refractivity contribution >= 4 is 17.9 Å². The van der Waals surface area contributed by atoms with E-state index in [0.29, 0.717) is 6.54 Å². The highest BCUT2D eigenvalue weighted by atomic mass is 16.5. The van der Waals surface area contributed by atoms with Crippen molar-refractivity contribution in [2.24, 2.45) is 0 Å². The van der Waals surface area contributed by atoms with Gasteiger partial charge in [-0.15, -0.1) is 0 Å². The van der Waals surface area contributed by atoms with Crippen LogP contribution in [0, 0.1) is 0 Å². The maximum absolute atomic E-state index is 12.5. The van der Waals surface area contributed by atoms with Gasteiger partial charge in [0.15, 0.2) is 0 Å². The molecule has 0 bridgehead atoms. The van der Waals surface area contributed by atoms with Crippen LogP contribution in [0.5, 0.6) is 5.75 Å². The van der Waals surface area contributed by atoms with E-state index in [0.717, 1.165) is 24.2 Å². The summed E-state index contributed by atoms with van der Waals surface area (Å²) in [6, 6.07) is 17.1. The van der Waals surface area contributed by atoms with Gasteiger partial charge in [-0.2, -0.15) is 0 Å². The number of hydrogen-bond donors (Lipinski definition) is 2. The van der Waals surface area contributed by atoms with Gasteiger partial charge in [-0.25, -0.2) is 0 Å². The average Bonchev–Trinajstić information content (AvgIpc) is 2.72. The number of benzene rings is 2. The minimum absolute atomic E-state index is 0.0227. The van der Waals surface area contributed by atoms with E-state index < -0.39 is 6.04 Å². The molecule has 152 valence electrons. The second-order valence-electron chi connectivity index (χ2n) is 7.55. The lowest BCUT2D eigenvalue weighted by atomic mass is 9.64. The molecule has 0 radical (unpaired) electrons. The summed E-state index contributed by atoms with van der Waals surface area (Å²) in [4.78, 5) is 24.6. The molecule has 0 heterocycles. The first kappa shape index (κ1) is 20.6. The molecule has 5 nitrogen and oxygen atoms in total. The maximum Gasteiger partial charge on any atom is 0.244 e. The van der Waals surface area contributed by atoms with Crippen LogP contribution in [0.3, 0.4) is 0 Å². The number of methoxy groups -OCH3 is 1. The molecular weight excluding hydrogens is 364 g/mol. The fourth-order valence-electron chi connectivity index (χ4n) is 3.59. The van der Waals surface area contributed by atoms with E-state index in [1.807, 2.05) is 42.5 Å². The SMILES string of the molecule is COc1ccc(C=CC(=O)NC(C)C(=O)NCC2(c3ccccc3)CCC2)cc1. The Labute approximate surface area is 172 Å². The van der Waals surface area contributed by atoms with Crippen LogP contribution in [-0.4, -0.2) is 31.5 Å². The van der Waals surface area contributed by atoms with E-state index in [4.69, 9.17) is 4.74 Å². The molecule has 0 spiro atoms. The summed E-state index contributed by atoms with van der Waals surface area (Å²) in [7, 11) is 1.61. The maximum atomic E-state index is 12.5. The largest absolute Gasteiger partial charge is 0.497 e. The number of carbonyl (C=O) groups is 2. The van der Waals surface area contributed by atoms with E-state index in [9.17, 15) is 9.59 Å². The molecule has 0 aromatic heterocycles. The molecule has 2 N–H and O–H groups in total. The summed E-state index contributed by atoms with van der Waals surface area (Å²) in [5.74, 6) is 0.292. The van der Waals surface area contributed by atoms with Gasteiger partial charge >= 0.3 is 0 Å². The molecule has 1 unspecified atom stereocenters. The summed E-state index contributed by atoms with van der Waals surface area (Å²) in [5.41, 5.74) is 2.17. The van der Waals surface area contributed by atoms with Crippen LogP contribution in [0.1, 0.15) is 37.3 Å². The number of hydrogen-bond acceptors (Lipinski definition) is 3. The summed E-state index contributed by atoms with van der Waals surface area (Å²) >= 11 is 0. The van der Waals surface area contributed by atoms with E-state index in [-0.39, 0.29) is 17.2 Å². The minimum Gasteiger partial charge on any atom is -0.497 e. The summed E-state index contributed by atoms with van der Waals surface area (Å²) in [6.07, 6.45) is 6.46. The van der Waals surface area contributed by atoms with Crippen molar-refractivity contribution < 1.29 is 14.3 Å². The Bertz CT molecular complexity index is 855. The number of ether oxygens (including phenoxy) is 1. The number of amides is 2. The van der Waals surface area contributed by atoms with E-state index in [1.54, 1.807) is 20.1 Å². The number of carbonyl (C=O) groups excluding carboxylic acids is 2. The van der Waals surface area contributed by atoms with Gasteiger partial charge in [0.1, 0.15) is 11.8 Å². The molecule has 1 saturated carbocycles. The first-order valence-corrected chi connectivity index (χ1v) is 9.98. The van der Waals surface area contributed by atoms with Gasteiger partial charge < -0.3 is 15.4 Å². The van der Waals surface area contributed by atoms with Crippen LogP contribution in [-0.2, 0) is 15.0 Å². The molecule has 1 atom stereocenters. The summed E-state index contributed by atoms with van der Waals surface area (Å²) in [6.45, 7) is 2.29. The van der Waals surface area contributed by atoms with Crippen LogP contribution < -0.4 is 15.4 Å². The van der Waals surface area contributed by atoms with Crippen molar-refractivity contribution in [1.29, 1.82) is 0 Å². The molecule has 0 aliphatic heterocycles. The van der Waals surface area contributed by atoms with Gasteiger partial charge in [-0.05, 0) is 49.1 Å². The van der Waals surface area contributed by atoms with Gasteiger partial charge in [0.05, 0.1) is 7.11 Å². The van der Waals surface area contributed by atoms with Crippen molar-refractivity contribution in [2.75, 3.05) is 13.7 Å². The zero-order valence-corrected chi connectivity index (χ0v) is 17.0. The van der Waals surface area contributed by atoms with Crippen molar-refractivity contribution in [2.45, 2.75) is 37.6 Å².